The SMILES string of the molecule is CC(C)(C)OC(=O)N[C@@H](CCCCNC(=O)O)C(=O)N(Cc1ccc(Br)cc1)Cc1cccs1. The van der Waals surface area contributed by atoms with Gasteiger partial charge in [0.05, 0.1) is 6.54 Å². The molecule has 0 radical (unpaired) electrons. The predicted molar refractivity (Wildman–Crippen MR) is 136 cm³/mol. The molecule has 1 aromatic carbocycles. The van der Waals surface area contributed by atoms with Gasteiger partial charge in [0.25, 0.3) is 0 Å². The van der Waals surface area contributed by atoms with Gasteiger partial charge in [-0.1, -0.05) is 34.1 Å². The summed E-state index contributed by atoms with van der Waals surface area (Å²) in [6.07, 6.45) is -0.285. The van der Waals surface area contributed by atoms with Gasteiger partial charge >= 0.3 is 12.2 Å². The van der Waals surface area contributed by atoms with Crippen molar-refractivity contribution in [3.05, 3.63) is 56.7 Å². The molecule has 186 valence electrons. The molecule has 8 nitrogen and oxygen atoms in total. The van der Waals surface area contributed by atoms with Gasteiger partial charge < -0.3 is 25.4 Å². The number of alkyl carbamates (subject to hydrolysis) is 1. The molecular formula is C24H32BrN3O5S. The van der Waals surface area contributed by atoms with E-state index in [1.807, 2.05) is 41.8 Å². The summed E-state index contributed by atoms with van der Waals surface area (Å²) in [5.41, 5.74) is 0.270. The summed E-state index contributed by atoms with van der Waals surface area (Å²) >= 11 is 5.00. The third kappa shape index (κ3) is 10.6. The Morgan fingerprint density at radius 1 is 1.12 bits per heavy atom. The standard InChI is InChI=1S/C24H32BrN3O5S/c1-24(2,3)33-23(32)27-20(8-4-5-13-26-22(30)31)21(29)28(16-19-7-6-14-34-19)15-17-9-11-18(25)12-10-17/h6-7,9-12,14,20,26H,4-5,8,13,15-16H2,1-3H3,(H,27,32)(H,30,31)/t20-/m0/s1. The Balaban J connectivity index is 2.18. The third-order valence-electron chi connectivity index (χ3n) is 4.71. The lowest BCUT2D eigenvalue weighted by Crippen LogP contribution is -2.49. The largest absolute Gasteiger partial charge is 0.465 e. The fourth-order valence-corrected chi connectivity index (χ4v) is 4.19. The Labute approximate surface area is 212 Å². The van der Waals surface area contributed by atoms with Crippen LogP contribution in [0.3, 0.4) is 0 Å². The van der Waals surface area contributed by atoms with Gasteiger partial charge in [-0.2, -0.15) is 0 Å². The van der Waals surface area contributed by atoms with E-state index in [4.69, 9.17) is 9.84 Å². The molecule has 0 saturated heterocycles. The molecule has 0 saturated carbocycles. The molecule has 1 aromatic heterocycles. The van der Waals surface area contributed by atoms with Crippen molar-refractivity contribution in [3.63, 3.8) is 0 Å². The number of nitrogens with one attached hydrogen (secondary N) is 2. The minimum absolute atomic E-state index is 0.214. The number of ether oxygens (including phenoxy) is 1. The summed E-state index contributed by atoms with van der Waals surface area (Å²) in [6.45, 7) is 6.37. The zero-order valence-electron chi connectivity index (χ0n) is 19.7. The Hall–Kier alpha value is -2.59. The fraction of sp³-hybridized carbons (Fsp3) is 0.458. The number of carbonyl (C=O) groups is 3. The second-order valence-electron chi connectivity index (χ2n) is 8.83. The molecule has 0 aliphatic rings. The molecule has 3 N–H and O–H groups in total. The molecular weight excluding hydrogens is 522 g/mol. The van der Waals surface area contributed by atoms with Crippen LogP contribution in [0, 0.1) is 0 Å². The number of carbonyl (C=O) groups excluding carboxylic acids is 2. The number of amides is 3. The van der Waals surface area contributed by atoms with E-state index in [9.17, 15) is 14.4 Å². The average Bonchev–Trinajstić information content (AvgIpc) is 3.25. The van der Waals surface area contributed by atoms with E-state index in [0.29, 0.717) is 32.4 Å². The van der Waals surface area contributed by atoms with Crippen molar-refractivity contribution in [1.82, 2.24) is 15.5 Å². The van der Waals surface area contributed by atoms with Crippen molar-refractivity contribution in [2.24, 2.45) is 0 Å². The van der Waals surface area contributed by atoms with Gasteiger partial charge in [-0.3, -0.25) is 4.79 Å². The number of hydrogen-bond donors (Lipinski definition) is 3. The first-order valence-electron chi connectivity index (χ1n) is 11.1. The van der Waals surface area contributed by atoms with Crippen LogP contribution < -0.4 is 10.6 Å². The van der Waals surface area contributed by atoms with Crippen LogP contribution in [0.25, 0.3) is 0 Å². The van der Waals surface area contributed by atoms with Gasteiger partial charge in [0.1, 0.15) is 11.6 Å². The highest BCUT2D eigenvalue weighted by Gasteiger charge is 2.28. The maximum atomic E-state index is 13.7. The maximum absolute atomic E-state index is 13.7. The molecule has 2 aromatic rings. The highest BCUT2D eigenvalue weighted by molar-refractivity contribution is 9.10. The number of thiophene rings is 1. The van der Waals surface area contributed by atoms with Crippen LogP contribution in [-0.4, -0.2) is 46.3 Å². The van der Waals surface area contributed by atoms with Gasteiger partial charge in [0, 0.05) is 22.4 Å². The Morgan fingerprint density at radius 3 is 2.41 bits per heavy atom. The summed E-state index contributed by atoms with van der Waals surface area (Å²) in [7, 11) is 0. The smallest absolute Gasteiger partial charge is 0.408 e. The number of benzene rings is 1. The Kier molecular flexibility index (Phi) is 10.8. The number of halogens is 1. The first-order chi connectivity index (χ1) is 16.0. The number of unbranched alkanes of at least 4 members (excludes halogenated alkanes) is 1. The first-order valence-corrected chi connectivity index (χ1v) is 12.7. The molecule has 0 aliphatic carbocycles. The van der Waals surface area contributed by atoms with E-state index >= 15 is 0 Å². The van der Waals surface area contributed by atoms with Gasteiger partial charge in [-0.15, -0.1) is 11.3 Å². The van der Waals surface area contributed by atoms with Crippen LogP contribution in [0.5, 0.6) is 0 Å². The normalized spacial score (nSPS) is 12.0. The molecule has 3 amide bonds. The molecule has 10 heteroatoms. The first kappa shape index (κ1) is 27.7. The fourth-order valence-electron chi connectivity index (χ4n) is 3.21. The zero-order valence-corrected chi connectivity index (χ0v) is 22.1. The minimum Gasteiger partial charge on any atom is -0.465 e. The number of carboxylic acid groups (broad SMARTS) is 1. The van der Waals surface area contributed by atoms with E-state index in [1.165, 1.54) is 0 Å². The molecule has 0 spiro atoms. The third-order valence-corrected chi connectivity index (χ3v) is 6.10. The lowest BCUT2D eigenvalue weighted by atomic mass is 10.1. The topological polar surface area (TPSA) is 108 Å². The summed E-state index contributed by atoms with van der Waals surface area (Å²) in [5.74, 6) is -0.214. The molecule has 34 heavy (non-hydrogen) atoms. The summed E-state index contributed by atoms with van der Waals surface area (Å²) in [4.78, 5) is 39.6. The summed E-state index contributed by atoms with van der Waals surface area (Å²) in [5, 5.41) is 15.8. The van der Waals surface area contributed by atoms with Crippen LogP contribution in [0.4, 0.5) is 9.59 Å². The van der Waals surface area contributed by atoms with Crippen molar-refractivity contribution in [2.45, 2.75) is 64.8 Å². The molecule has 0 aliphatic heterocycles. The van der Waals surface area contributed by atoms with Gasteiger partial charge in [-0.25, -0.2) is 9.59 Å². The number of nitrogens with zero attached hydrogens (tertiary/aromatic N) is 1. The van der Waals surface area contributed by atoms with Crippen molar-refractivity contribution < 1.29 is 24.2 Å². The quantitative estimate of drug-likeness (QED) is 0.324. The average molecular weight is 555 g/mol. The van der Waals surface area contributed by atoms with Crippen molar-refractivity contribution in [2.75, 3.05) is 6.54 Å². The minimum atomic E-state index is -1.09. The van der Waals surface area contributed by atoms with E-state index in [2.05, 4.69) is 26.6 Å². The molecule has 2 rings (SSSR count). The second kappa shape index (κ2) is 13.3. The monoisotopic (exact) mass is 553 g/mol. The lowest BCUT2D eigenvalue weighted by molar-refractivity contribution is -0.135. The molecule has 0 bridgehead atoms. The highest BCUT2D eigenvalue weighted by atomic mass is 79.9. The summed E-state index contributed by atoms with van der Waals surface area (Å²) in [6, 6.07) is 10.9. The Morgan fingerprint density at radius 2 is 1.82 bits per heavy atom. The van der Waals surface area contributed by atoms with Crippen LogP contribution in [0.2, 0.25) is 0 Å². The van der Waals surface area contributed by atoms with E-state index < -0.39 is 23.8 Å². The summed E-state index contributed by atoms with van der Waals surface area (Å²) < 4.78 is 6.33. The lowest BCUT2D eigenvalue weighted by Gasteiger charge is -2.29. The van der Waals surface area contributed by atoms with Crippen LogP contribution in [0.15, 0.2) is 46.3 Å². The Bertz CT molecular complexity index is 929. The van der Waals surface area contributed by atoms with Crippen LogP contribution in [-0.2, 0) is 22.6 Å². The van der Waals surface area contributed by atoms with Crippen LogP contribution >= 0.6 is 27.3 Å². The zero-order chi connectivity index (χ0) is 25.1. The predicted octanol–water partition coefficient (Wildman–Crippen LogP) is 5.37. The van der Waals surface area contributed by atoms with Crippen molar-refractivity contribution in [1.29, 1.82) is 0 Å². The van der Waals surface area contributed by atoms with Crippen LogP contribution in [0.1, 0.15) is 50.5 Å². The van der Waals surface area contributed by atoms with E-state index in [1.54, 1.807) is 37.0 Å². The van der Waals surface area contributed by atoms with Gasteiger partial charge in [0.2, 0.25) is 5.91 Å². The second-order valence-corrected chi connectivity index (χ2v) is 10.8. The molecule has 0 fully saturated rings. The molecule has 1 heterocycles. The van der Waals surface area contributed by atoms with Crippen molar-refractivity contribution in [3.8, 4) is 0 Å². The van der Waals surface area contributed by atoms with Gasteiger partial charge in [0.15, 0.2) is 0 Å². The number of rotatable bonds is 11. The molecule has 1 atom stereocenters. The number of hydrogen-bond acceptors (Lipinski definition) is 5. The van der Waals surface area contributed by atoms with E-state index in [0.717, 1.165) is 14.9 Å². The van der Waals surface area contributed by atoms with E-state index in [-0.39, 0.29) is 12.5 Å². The maximum Gasteiger partial charge on any atom is 0.408 e. The van der Waals surface area contributed by atoms with Gasteiger partial charge in [-0.05, 0) is 69.2 Å². The highest BCUT2D eigenvalue weighted by Crippen LogP contribution is 2.19. The molecule has 0 unspecified atom stereocenters. The van der Waals surface area contributed by atoms with Crippen molar-refractivity contribution >= 4 is 45.4 Å².